The zero-order chi connectivity index (χ0) is 30.9. The molecule has 3 heterocycles. The number of carbonyl (C=O) groups excluding carboxylic acids is 4. The van der Waals surface area contributed by atoms with E-state index in [4.69, 9.17) is 18.3 Å². The number of aromatic nitrogens is 2. The van der Waals surface area contributed by atoms with E-state index in [1.807, 2.05) is 0 Å². The molecule has 0 aliphatic carbocycles. The summed E-state index contributed by atoms with van der Waals surface area (Å²) in [6.07, 6.45) is 0.889. The van der Waals surface area contributed by atoms with Gasteiger partial charge in [-0.2, -0.15) is 0 Å². The molecule has 3 amide bonds. The molecule has 0 aliphatic heterocycles. The Kier molecular flexibility index (Phi) is 7.64. The van der Waals surface area contributed by atoms with Crippen LogP contribution in [0.15, 0.2) is 63.6 Å². The number of furan rings is 2. The SMILES string of the molecule is CCOC(=O)c1nc(NC(=O)c2cc3cc(NC(=O)c4cc5cc(NC(=O)OC(C)(C)C)ccc5o4)ccc3o2)cn1C. The standard InChI is InChI=1S/C30H29N5O8/c1-6-40-28(38)25-33-24(15-35(25)5)34-27(37)23-14-16-11-18(7-9-20(16)42-23)31-26(36)22-13-17-12-19(8-10-21(17)41-22)32-29(39)43-30(2,3)4/h7-15H,6H2,1-5H3,(H,31,36)(H,32,39)(H,34,37). The van der Waals surface area contributed by atoms with E-state index in [0.717, 1.165) is 0 Å². The number of esters is 1. The number of nitrogens with one attached hydrogen (secondary N) is 3. The van der Waals surface area contributed by atoms with E-state index in [-0.39, 0.29) is 29.8 Å². The molecule has 0 fully saturated rings. The predicted molar refractivity (Wildman–Crippen MR) is 157 cm³/mol. The second-order valence-electron chi connectivity index (χ2n) is 10.5. The molecule has 0 spiro atoms. The molecule has 0 bridgehead atoms. The summed E-state index contributed by atoms with van der Waals surface area (Å²) in [5, 5.41) is 9.21. The first-order valence-corrected chi connectivity index (χ1v) is 13.3. The fourth-order valence-corrected chi connectivity index (χ4v) is 4.17. The first-order chi connectivity index (χ1) is 20.4. The first kappa shape index (κ1) is 28.9. The minimum atomic E-state index is -0.640. The Hall–Kier alpha value is -5.59. The lowest BCUT2D eigenvalue weighted by atomic mass is 10.2. The molecule has 0 saturated carbocycles. The molecule has 5 aromatic rings. The van der Waals surface area contributed by atoms with Gasteiger partial charge >= 0.3 is 12.1 Å². The maximum Gasteiger partial charge on any atom is 0.412 e. The number of aryl methyl sites for hydroxylation is 1. The Morgan fingerprint density at radius 3 is 1.95 bits per heavy atom. The maximum absolute atomic E-state index is 13.0. The predicted octanol–water partition coefficient (Wildman–Crippen LogP) is 5.94. The van der Waals surface area contributed by atoms with Gasteiger partial charge in [0.1, 0.15) is 16.8 Å². The van der Waals surface area contributed by atoms with Gasteiger partial charge in [-0.25, -0.2) is 14.6 Å². The van der Waals surface area contributed by atoms with Gasteiger partial charge in [0.2, 0.25) is 5.82 Å². The van der Waals surface area contributed by atoms with E-state index in [1.165, 1.54) is 16.8 Å². The molecule has 13 heteroatoms. The van der Waals surface area contributed by atoms with E-state index in [9.17, 15) is 19.2 Å². The molecule has 0 unspecified atom stereocenters. The van der Waals surface area contributed by atoms with Crippen molar-refractivity contribution in [3.05, 3.63) is 72.1 Å². The van der Waals surface area contributed by atoms with Crippen LogP contribution in [0.1, 0.15) is 59.4 Å². The quantitative estimate of drug-likeness (QED) is 0.195. The Bertz CT molecular complexity index is 1870. The third-order valence-electron chi connectivity index (χ3n) is 5.96. The van der Waals surface area contributed by atoms with Crippen LogP contribution in [0.4, 0.5) is 22.0 Å². The van der Waals surface area contributed by atoms with Gasteiger partial charge in [-0.1, -0.05) is 0 Å². The van der Waals surface area contributed by atoms with Crippen LogP contribution in [0.3, 0.4) is 0 Å². The molecular weight excluding hydrogens is 558 g/mol. The number of nitrogens with zero attached hydrogens (tertiary/aromatic N) is 2. The molecule has 43 heavy (non-hydrogen) atoms. The largest absolute Gasteiger partial charge is 0.460 e. The van der Waals surface area contributed by atoms with E-state index >= 15 is 0 Å². The van der Waals surface area contributed by atoms with Crippen LogP contribution in [0.2, 0.25) is 0 Å². The fraction of sp³-hybridized carbons (Fsp3) is 0.233. The minimum absolute atomic E-state index is 0.00916. The second kappa shape index (κ2) is 11.4. The Labute approximate surface area is 245 Å². The number of carbonyl (C=O) groups is 4. The molecule has 5 rings (SSSR count). The number of benzene rings is 2. The van der Waals surface area contributed by atoms with Crippen LogP contribution in [0.5, 0.6) is 0 Å². The fourth-order valence-electron chi connectivity index (χ4n) is 4.17. The average molecular weight is 588 g/mol. The van der Waals surface area contributed by atoms with Gasteiger partial charge in [0.05, 0.1) is 6.61 Å². The summed E-state index contributed by atoms with van der Waals surface area (Å²) >= 11 is 0. The molecule has 0 saturated heterocycles. The van der Waals surface area contributed by atoms with Crippen LogP contribution in [0, 0.1) is 0 Å². The Balaban J connectivity index is 1.26. The summed E-state index contributed by atoms with van der Waals surface area (Å²) in [4.78, 5) is 53.9. The van der Waals surface area contributed by atoms with Crippen molar-refractivity contribution in [3.8, 4) is 0 Å². The van der Waals surface area contributed by atoms with Gasteiger partial charge in [0, 0.05) is 35.4 Å². The Morgan fingerprint density at radius 1 is 0.837 bits per heavy atom. The van der Waals surface area contributed by atoms with E-state index in [0.29, 0.717) is 33.3 Å². The van der Waals surface area contributed by atoms with Gasteiger partial charge in [-0.05, 0) is 76.2 Å². The van der Waals surface area contributed by atoms with Gasteiger partial charge < -0.3 is 33.5 Å². The smallest absolute Gasteiger partial charge is 0.412 e. The molecular formula is C30H29N5O8. The first-order valence-electron chi connectivity index (χ1n) is 13.3. The minimum Gasteiger partial charge on any atom is -0.460 e. The molecule has 3 aromatic heterocycles. The lowest BCUT2D eigenvalue weighted by Gasteiger charge is -2.19. The zero-order valence-electron chi connectivity index (χ0n) is 24.1. The zero-order valence-corrected chi connectivity index (χ0v) is 24.1. The normalized spacial score (nSPS) is 11.4. The highest BCUT2D eigenvalue weighted by atomic mass is 16.6. The van der Waals surface area contributed by atoms with Crippen LogP contribution >= 0.6 is 0 Å². The third-order valence-corrected chi connectivity index (χ3v) is 5.96. The van der Waals surface area contributed by atoms with E-state index in [1.54, 1.807) is 77.2 Å². The highest BCUT2D eigenvalue weighted by Crippen LogP contribution is 2.27. The van der Waals surface area contributed by atoms with Crippen molar-refractivity contribution in [1.82, 2.24) is 9.55 Å². The van der Waals surface area contributed by atoms with Crippen molar-refractivity contribution in [2.75, 3.05) is 22.6 Å². The number of ether oxygens (including phenoxy) is 2. The second-order valence-corrected chi connectivity index (χ2v) is 10.5. The average Bonchev–Trinajstić information content (AvgIpc) is 3.63. The van der Waals surface area contributed by atoms with E-state index in [2.05, 4.69) is 20.9 Å². The number of anilines is 3. The molecule has 13 nitrogen and oxygen atoms in total. The lowest BCUT2D eigenvalue weighted by Crippen LogP contribution is -2.27. The molecule has 2 aromatic carbocycles. The number of fused-ring (bicyclic) bond motifs is 2. The highest BCUT2D eigenvalue weighted by molar-refractivity contribution is 6.07. The van der Waals surface area contributed by atoms with Gasteiger partial charge in [0.25, 0.3) is 11.8 Å². The summed E-state index contributed by atoms with van der Waals surface area (Å²) in [5.74, 6) is -1.40. The van der Waals surface area contributed by atoms with Crippen LogP contribution in [0.25, 0.3) is 21.9 Å². The maximum atomic E-state index is 13.0. The molecule has 0 atom stereocenters. The number of hydrogen-bond acceptors (Lipinski definition) is 9. The number of hydrogen-bond donors (Lipinski definition) is 3. The van der Waals surface area contributed by atoms with Gasteiger partial charge in [-0.3, -0.25) is 14.9 Å². The summed E-state index contributed by atoms with van der Waals surface area (Å²) in [5.41, 5.74) is 1.18. The number of amides is 3. The molecule has 3 N–H and O–H groups in total. The monoisotopic (exact) mass is 587 g/mol. The van der Waals surface area contributed by atoms with Crippen molar-refractivity contribution in [2.45, 2.75) is 33.3 Å². The van der Waals surface area contributed by atoms with Crippen LogP contribution in [-0.2, 0) is 16.5 Å². The molecule has 0 radical (unpaired) electrons. The summed E-state index contributed by atoms with van der Waals surface area (Å²) < 4.78 is 23.0. The number of rotatable bonds is 7. The number of imidazole rings is 1. The topological polar surface area (TPSA) is 167 Å². The van der Waals surface area contributed by atoms with Crippen molar-refractivity contribution in [2.24, 2.45) is 7.05 Å². The Morgan fingerprint density at radius 2 is 1.40 bits per heavy atom. The van der Waals surface area contributed by atoms with Crippen molar-refractivity contribution in [3.63, 3.8) is 0 Å². The summed E-state index contributed by atoms with van der Waals surface area (Å²) in [7, 11) is 1.61. The summed E-state index contributed by atoms with van der Waals surface area (Å²) in [6, 6.07) is 12.9. The van der Waals surface area contributed by atoms with E-state index < -0.39 is 29.5 Å². The summed E-state index contributed by atoms with van der Waals surface area (Å²) in [6.45, 7) is 7.19. The van der Waals surface area contributed by atoms with Crippen molar-refractivity contribution < 1.29 is 37.5 Å². The molecule has 0 aliphatic rings. The lowest BCUT2D eigenvalue weighted by molar-refractivity contribution is 0.0507. The van der Waals surface area contributed by atoms with Crippen LogP contribution in [-0.4, -0.2) is 45.6 Å². The van der Waals surface area contributed by atoms with Crippen molar-refractivity contribution in [1.29, 1.82) is 0 Å². The highest BCUT2D eigenvalue weighted by Gasteiger charge is 2.20. The van der Waals surface area contributed by atoms with Gasteiger partial charge in [0.15, 0.2) is 17.3 Å². The van der Waals surface area contributed by atoms with Gasteiger partial charge in [-0.15, -0.1) is 0 Å². The molecule has 222 valence electrons. The third kappa shape index (κ3) is 6.67. The van der Waals surface area contributed by atoms with Crippen LogP contribution < -0.4 is 16.0 Å². The van der Waals surface area contributed by atoms with Crippen molar-refractivity contribution >= 4 is 63.0 Å².